The molecule has 2 nitrogen and oxygen atoms in total. The molecule has 0 spiro atoms. The lowest BCUT2D eigenvalue weighted by Gasteiger charge is -2.13. The Kier molecular flexibility index (Phi) is 3.30. The van der Waals surface area contributed by atoms with Crippen molar-refractivity contribution in [2.75, 3.05) is 5.32 Å². The fourth-order valence-corrected chi connectivity index (χ4v) is 1.96. The summed E-state index contributed by atoms with van der Waals surface area (Å²) in [5.41, 5.74) is 1.14. The Labute approximate surface area is 103 Å². The van der Waals surface area contributed by atoms with Crippen molar-refractivity contribution in [3.8, 4) is 0 Å². The summed E-state index contributed by atoms with van der Waals surface area (Å²) in [5.74, 6) is 0.953. The van der Waals surface area contributed by atoms with E-state index in [-0.39, 0.29) is 6.04 Å². The van der Waals surface area contributed by atoms with Gasteiger partial charge in [-0.05, 0) is 53.8 Å². The molecule has 0 fully saturated rings. The molecule has 3 heteroatoms. The first-order chi connectivity index (χ1) is 7.27. The molecule has 2 rings (SSSR count). The number of hydrogen-bond acceptors (Lipinski definition) is 2. The minimum Gasteiger partial charge on any atom is -0.467 e. The van der Waals surface area contributed by atoms with Crippen LogP contribution in [0.2, 0.25) is 0 Å². The molecular formula is C12H12INO. The van der Waals surface area contributed by atoms with Crippen LogP contribution in [0.3, 0.4) is 0 Å². The molecular weight excluding hydrogens is 301 g/mol. The number of furan rings is 1. The largest absolute Gasteiger partial charge is 0.467 e. The molecule has 1 atom stereocenters. The predicted octanol–water partition coefficient (Wildman–Crippen LogP) is 4.06. The molecule has 0 bridgehead atoms. The van der Waals surface area contributed by atoms with Gasteiger partial charge < -0.3 is 9.73 Å². The van der Waals surface area contributed by atoms with Crippen LogP contribution in [0.1, 0.15) is 18.7 Å². The van der Waals surface area contributed by atoms with E-state index in [1.54, 1.807) is 6.26 Å². The molecule has 0 aliphatic heterocycles. The van der Waals surface area contributed by atoms with E-state index in [2.05, 4.69) is 47.0 Å². The SMILES string of the molecule is C[C@H](Nc1ccccc1I)c1ccco1. The van der Waals surface area contributed by atoms with Gasteiger partial charge in [0, 0.05) is 9.26 Å². The van der Waals surface area contributed by atoms with E-state index in [1.165, 1.54) is 3.57 Å². The monoisotopic (exact) mass is 313 g/mol. The van der Waals surface area contributed by atoms with Gasteiger partial charge in [0.15, 0.2) is 0 Å². The average Bonchev–Trinajstić information content (AvgIpc) is 2.74. The van der Waals surface area contributed by atoms with Crippen LogP contribution in [-0.2, 0) is 0 Å². The van der Waals surface area contributed by atoms with Gasteiger partial charge in [-0.15, -0.1) is 0 Å². The lowest BCUT2D eigenvalue weighted by atomic mass is 10.2. The average molecular weight is 313 g/mol. The van der Waals surface area contributed by atoms with Crippen molar-refractivity contribution in [3.63, 3.8) is 0 Å². The number of hydrogen-bond donors (Lipinski definition) is 1. The highest BCUT2D eigenvalue weighted by atomic mass is 127. The summed E-state index contributed by atoms with van der Waals surface area (Å²) in [6.07, 6.45) is 1.70. The molecule has 1 heterocycles. The first-order valence-corrected chi connectivity index (χ1v) is 5.89. The molecule has 0 amide bonds. The van der Waals surface area contributed by atoms with E-state index < -0.39 is 0 Å². The molecule has 78 valence electrons. The van der Waals surface area contributed by atoms with Crippen LogP contribution in [0.4, 0.5) is 5.69 Å². The van der Waals surface area contributed by atoms with Crippen LogP contribution in [0, 0.1) is 3.57 Å². The minimum absolute atomic E-state index is 0.191. The summed E-state index contributed by atoms with van der Waals surface area (Å²) in [6.45, 7) is 2.09. The highest BCUT2D eigenvalue weighted by Gasteiger charge is 2.08. The fourth-order valence-electron chi connectivity index (χ4n) is 1.42. The molecule has 1 aromatic carbocycles. The van der Waals surface area contributed by atoms with E-state index >= 15 is 0 Å². The number of anilines is 1. The van der Waals surface area contributed by atoms with Crippen molar-refractivity contribution in [3.05, 3.63) is 52.0 Å². The van der Waals surface area contributed by atoms with Crippen LogP contribution >= 0.6 is 22.6 Å². The Balaban J connectivity index is 2.13. The number of rotatable bonds is 3. The molecule has 0 aliphatic carbocycles. The maximum absolute atomic E-state index is 5.34. The second kappa shape index (κ2) is 4.70. The highest BCUT2D eigenvalue weighted by molar-refractivity contribution is 14.1. The molecule has 0 saturated heterocycles. The van der Waals surface area contributed by atoms with Gasteiger partial charge in [0.2, 0.25) is 0 Å². The summed E-state index contributed by atoms with van der Waals surface area (Å²) in [5, 5.41) is 3.41. The van der Waals surface area contributed by atoms with Gasteiger partial charge in [0.25, 0.3) is 0 Å². The van der Waals surface area contributed by atoms with Crippen molar-refractivity contribution in [2.24, 2.45) is 0 Å². The van der Waals surface area contributed by atoms with Crippen LogP contribution in [0.5, 0.6) is 0 Å². The van der Waals surface area contributed by atoms with Gasteiger partial charge >= 0.3 is 0 Å². The quantitative estimate of drug-likeness (QED) is 0.865. The van der Waals surface area contributed by atoms with Crippen molar-refractivity contribution >= 4 is 28.3 Å². The normalized spacial score (nSPS) is 12.4. The van der Waals surface area contributed by atoms with Crippen LogP contribution in [-0.4, -0.2) is 0 Å². The summed E-state index contributed by atoms with van der Waals surface area (Å²) >= 11 is 2.32. The van der Waals surface area contributed by atoms with E-state index in [0.29, 0.717) is 0 Å². The van der Waals surface area contributed by atoms with Gasteiger partial charge in [0.05, 0.1) is 12.3 Å². The van der Waals surface area contributed by atoms with Gasteiger partial charge in [-0.3, -0.25) is 0 Å². The highest BCUT2D eigenvalue weighted by Crippen LogP contribution is 2.23. The fraction of sp³-hybridized carbons (Fsp3) is 0.167. The summed E-state index contributed by atoms with van der Waals surface area (Å²) in [6, 6.07) is 12.3. The Morgan fingerprint density at radius 1 is 1.20 bits per heavy atom. The Morgan fingerprint density at radius 3 is 2.67 bits per heavy atom. The van der Waals surface area contributed by atoms with Crippen molar-refractivity contribution in [1.29, 1.82) is 0 Å². The maximum atomic E-state index is 5.34. The molecule has 1 aromatic heterocycles. The third-order valence-electron chi connectivity index (χ3n) is 2.22. The first-order valence-electron chi connectivity index (χ1n) is 4.82. The molecule has 15 heavy (non-hydrogen) atoms. The zero-order valence-corrected chi connectivity index (χ0v) is 10.6. The molecule has 0 saturated carbocycles. The molecule has 0 radical (unpaired) electrons. The Bertz CT molecular complexity index is 425. The van der Waals surface area contributed by atoms with Gasteiger partial charge in [0.1, 0.15) is 5.76 Å². The van der Waals surface area contributed by atoms with Crippen LogP contribution < -0.4 is 5.32 Å². The number of para-hydroxylation sites is 1. The number of benzene rings is 1. The number of halogens is 1. The zero-order chi connectivity index (χ0) is 10.7. The molecule has 0 unspecified atom stereocenters. The van der Waals surface area contributed by atoms with Crippen molar-refractivity contribution in [2.45, 2.75) is 13.0 Å². The summed E-state index contributed by atoms with van der Waals surface area (Å²) < 4.78 is 6.56. The van der Waals surface area contributed by atoms with E-state index in [9.17, 15) is 0 Å². The van der Waals surface area contributed by atoms with Gasteiger partial charge in [-0.1, -0.05) is 12.1 Å². The zero-order valence-electron chi connectivity index (χ0n) is 8.41. The Morgan fingerprint density at radius 2 is 2.00 bits per heavy atom. The van der Waals surface area contributed by atoms with Crippen LogP contribution in [0.15, 0.2) is 47.1 Å². The van der Waals surface area contributed by atoms with Gasteiger partial charge in [-0.2, -0.15) is 0 Å². The van der Waals surface area contributed by atoms with Gasteiger partial charge in [-0.25, -0.2) is 0 Å². The topological polar surface area (TPSA) is 25.2 Å². The predicted molar refractivity (Wildman–Crippen MR) is 69.9 cm³/mol. The lowest BCUT2D eigenvalue weighted by Crippen LogP contribution is -2.06. The second-order valence-corrected chi connectivity index (χ2v) is 4.52. The van der Waals surface area contributed by atoms with Crippen LogP contribution in [0.25, 0.3) is 0 Å². The third-order valence-corrected chi connectivity index (χ3v) is 3.16. The van der Waals surface area contributed by atoms with E-state index in [4.69, 9.17) is 4.42 Å². The summed E-state index contributed by atoms with van der Waals surface area (Å²) in [7, 11) is 0. The molecule has 2 aromatic rings. The number of nitrogens with one attached hydrogen (secondary N) is 1. The summed E-state index contributed by atoms with van der Waals surface area (Å²) in [4.78, 5) is 0. The first kappa shape index (κ1) is 10.5. The van der Waals surface area contributed by atoms with Crippen molar-refractivity contribution < 1.29 is 4.42 Å². The standard InChI is InChI=1S/C12H12INO/c1-9(12-7-4-8-15-12)14-11-6-3-2-5-10(11)13/h2-9,14H,1H3/t9-/m0/s1. The second-order valence-electron chi connectivity index (χ2n) is 3.36. The minimum atomic E-state index is 0.191. The maximum Gasteiger partial charge on any atom is 0.125 e. The van der Waals surface area contributed by atoms with E-state index in [1.807, 2.05) is 24.3 Å². The third kappa shape index (κ3) is 2.53. The molecule has 0 aliphatic rings. The smallest absolute Gasteiger partial charge is 0.125 e. The van der Waals surface area contributed by atoms with Crippen molar-refractivity contribution in [1.82, 2.24) is 0 Å². The lowest BCUT2D eigenvalue weighted by molar-refractivity contribution is 0.490. The van der Waals surface area contributed by atoms with E-state index in [0.717, 1.165) is 11.4 Å². The Hall–Kier alpha value is -0.970. The molecule has 1 N–H and O–H groups in total.